The number of benzene rings is 1. The second kappa shape index (κ2) is 4.71. The molecule has 1 aromatic rings. The zero-order chi connectivity index (χ0) is 13.5. The van der Waals surface area contributed by atoms with E-state index in [1.807, 2.05) is 13.0 Å². The minimum atomic E-state index is -0.0252. The molecule has 1 saturated heterocycles. The van der Waals surface area contributed by atoms with Gasteiger partial charge in [-0.3, -0.25) is 0 Å². The van der Waals surface area contributed by atoms with E-state index in [1.165, 1.54) is 5.56 Å². The summed E-state index contributed by atoms with van der Waals surface area (Å²) in [4.78, 5) is 0. The zero-order valence-electron chi connectivity index (χ0n) is 12.0. The summed E-state index contributed by atoms with van der Waals surface area (Å²) >= 11 is 0. The van der Waals surface area contributed by atoms with Gasteiger partial charge in [-0.25, -0.2) is 0 Å². The first kappa shape index (κ1) is 12.8. The minimum Gasteiger partial charge on any atom is -0.494 e. The summed E-state index contributed by atoms with van der Waals surface area (Å²) in [7, 11) is 0. The first-order chi connectivity index (χ1) is 9.11. The summed E-state index contributed by atoms with van der Waals surface area (Å²) in [6.45, 7) is 8.26. The Labute approximate surface area is 115 Å². The molecule has 0 aromatic heterocycles. The Hall–Kier alpha value is -1.22. The maximum absolute atomic E-state index is 6.26. The van der Waals surface area contributed by atoms with Crippen molar-refractivity contribution in [3.63, 3.8) is 0 Å². The number of hydrogen-bond acceptors (Lipinski definition) is 3. The molecule has 2 heterocycles. The van der Waals surface area contributed by atoms with Gasteiger partial charge >= 0.3 is 0 Å². The van der Waals surface area contributed by atoms with Crippen LogP contribution in [0.1, 0.15) is 45.1 Å². The smallest absolute Gasteiger partial charge is 0.123 e. The van der Waals surface area contributed by atoms with Gasteiger partial charge in [0.1, 0.15) is 17.1 Å². The molecule has 3 unspecified atom stereocenters. The van der Waals surface area contributed by atoms with Crippen molar-refractivity contribution in [2.45, 2.75) is 51.2 Å². The van der Waals surface area contributed by atoms with E-state index >= 15 is 0 Å². The van der Waals surface area contributed by atoms with E-state index < -0.39 is 0 Å². The van der Waals surface area contributed by atoms with Crippen LogP contribution in [0.25, 0.3) is 0 Å². The van der Waals surface area contributed by atoms with Crippen LogP contribution in [-0.4, -0.2) is 24.8 Å². The second-order valence-corrected chi connectivity index (χ2v) is 5.99. The summed E-state index contributed by atoms with van der Waals surface area (Å²) in [6, 6.07) is 6.73. The van der Waals surface area contributed by atoms with Crippen molar-refractivity contribution in [1.82, 2.24) is 5.32 Å². The van der Waals surface area contributed by atoms with Crippen molar-refractivity contribution in [1.29, 1.82) is 0 Å². The number of hydrogen-bond donors (Lipinski definition) is 1. The molecule has 2 aliphatic heterocycles. The molecule has 0 radical (unpaired) electrons. The largest absolute Gasteiger partial charge is 0.494 e. The highest BCUT2D eigenvalue weighted by molar-refractivity contribution is 5.45. The molecule has 0 saturated carbocycles. The molecule has 3 nitrogen and oxygen atoms in total. The number of ether oxygens (including phenoxy) is 2. The van der Waals surface area contributed by atoms with Crippen LogP contribution in [0.5, 0.6) is 11.5 Å². The van der Waals surface area contributed by atoms with Crippen molar-refractivity contribution in [3.8, 4) is 11.5 Å². The highest BCUT2D eigenvalue weighted by atomic mass is 16.5. The van der Waals surface area contributed by atoms with Crippen molar-refractivity contribution in [2.75, 3.05) is 13.2 Å². The lowest BCUT2D eigenvalue weighted by molar-refractivity contribution is 0.0529. The van der Waals surface area contributed by atoms with E-state index in [1.54, 1.807) is 0 Å². The highest BCUT2D eigenvalue weighted by Crippen LogP contribution is 2.46. The Bertz CT molecular complexity index is 474. The Kier molecular flexibility index (Phi) is 3.17. The Morgan fingerprint density at radius 3 is 3.11 bits per heavy atom. The minimum absolute atomic E-state index is 0.0252. The average Bonchev–Trinajstić information content (AvgIpc) is 2.49. The molecule has 19 heavy (non-hydrogen) atoms. The molecule has 2 aliphatic rings. The molecule has 3 rings (SSSR count). The highest BCUT2D eigenvalue weighted by Gasteiger charge is 2.41. The van der Waals surface area contributed by atoms with Gasteiger partial charge in [0.2, 0.25) is 0 Å². The van der Waals surface area contributed by atoms with Crippen LogP contribution < -0.4 is 14.8 Å². The zero-order valence-corrected chi connectivity index (χ0v) is 12.0. The summed E-state index contributed by atoms with van der Waals surface area (Å²) < 4.78 is 11.9. The van der Waals surface area contributed by atoms with Crippen LogP contribution in [0.15, 0.2) is 18.2 Å². The Balaban J connectivity index is 2.01. The van der Waals surface area contributed by atoms with Gasteiger partial charge < -0.3 is 14.8 Å². The third kappa shape index (κ3) is 2.32. The SMILES string of the molecule is CCOc1ccc2c(c1)C1CC(C)(CCNC1C)O2. The Morgan fingerprint density at radius 2 is 2.32 bits per heavy atom. The fraction of sp³-hybridized carbons (Fsp3) is 0.625. The van der Waals surface area contributed by atoms with Gasteiger partial charge in [0.25, 0.3) is 0 Å². The fourth-order valence-corrected chi connectivity index (χ4v) is 3.35. The van der Waals surface area contributed by atoms with Gasteiger partial charge in [0.15, 0.2) is 0 Å². The van der Waals surface area contributed by atoms with E-state index in [0.717, 1.165) is 30.9 Å². The third-order valence-electron chi connectivity index (χ3n) is 4.42. The number of nitrogens with one attached hydrogen (secondary N) is 1. The lowest BCUT2D eigenvalue weighted by atomic mass is 9.80. The van der Waals surface area contributed by atoms with E-state index in [4.69, 9.17) is 9.47 Å². The van der Waals surface area contributed by atoms with Crippen LogP contribution in [0.2, 0.25) is 0 Å². The van der Waals surface area contributed by atoms with Crippen LogP contribution in [0, 0.1) is 0 Å². The third-order valence-corrected chi connectivity index (χ3v) is 4.42. The van der Waals surface area contributed by atoms with Crippen LogP contribution in [0.4, 0.5) is 0 Å². The fourth-order valence-electron chi connectivity index (χ4n) is 3.35. The second-order valence-electron chi connectivity index (χ2n) is 5.99. The van der Waals surface area contributed by atoms with Crippen molar-refractivity contribution < 1.29 is 9.47 Å². The molecule has 0 aliphatic carbocycles. The maximum atomic E-state index is 6.26. The Morgan fingerprint density at radius 1 is 1.47 bits per heavy atom. The van der Waals surface area contributed by atoms with Gasteiger partial charge in [-0.1, -0.05) is 0 Å². The first-order valence-electron chi connectivity index (χ1n) is 7.30. The predicted octanol–water partition coefficient (Wildman–Crippen LogP) is 3.09. The normalized spacial score (nSPS) is 33.0. The molecule has 0 amide bonds. The lowest BCUT2D eigenvalue weighted by Crippen LogP contribution is -2.38. The van der Waals surface area contributed by atoms with Crippen LogP contribution >= 0.6 is 0 Å². The van der Waals surface area contributed by atoms with Crippen molar-refractivity contribution >= 4 is 0 Å². The van der Waals surface area contributed by atoms with Gasteiger partial charge in [-0.2, -0.15) is 0 Å². The topological polar surface area (TPSA) is 30.5 Å². The van der Waals surface area contributed by atoms with Crippen LogP contribution in [0.3, 0.4) is 0 Å². The monoisotopic (exact) mass is 261 g/mol. The lowest BCUT2D eigenvalue weighted by Gasteiger charge is -2.39. The molecule has 2 bridgehead atoms. The molecule has 0 spiro atoms. The van der Waals surface area contributed by atoms with E-state index in [0.29, 0.717) is 18.6 Å². The molecule has 104 valence electrons. The average molecular weight is 261 g/mol. The quantitative estimate of drug-likeness (QED) is 0.887. The maximum Gasteiger partial charge on any atom is 0.123 e. The number of rotatable bonds is 2. The molecule has 3 heteroatoms. The molecule has 1 fully saturated rings. The summed E-state index contributed by atoms with van der Waals surface area (Å²) in [5.74, 6) is 2.50. The molecule has 3 atom stereocenters. The van der Waals surface area contributed by atoms with Crippen LogP contribution in [-0.2, 0) is 0 Å². The van der Waals surface area contributed by atoms with Crippen molar-refractivity contribution in [3.05, 3.63) is 23.8 Å². The van der Waals surface area contributed by atoms with Gasteiger partial charge in [0.05, 0.1) is 6.61 Å². The van der Waals surface area contributed by atoms with E-state index in [9.17, 15) is 0 Å². The van der Waals surface area contributed by atoms with E-state index in [2.05, 4.69) is 31.3 Å². The summed E-state index contributed by atoms with van der Waals surface area (Å²) in [5.41, 5.74) is 1.27. The molecular formula is C16H23NO2. The van der Waals surface area contributed by atoms with Gasteiger partial charge in [-0.15, -0.1) is 0 Å². The first-order valence-corrected chi connectivity index (χ1v) is 7.30. The van der Waals surface area contributed by atoms with E-state index in [-0.39, 0.29) is 5.60 Å². The standard InChI is InChI=1S/C16H23NO2/c1-4-18-12-5-6-15-13(9-12)14-10-16(3,19-15)7-8-17-11(14)2/h5-6,9,11,14,17H,4,7-8,10H2,1-3H3. The van der Waals surface area contributed by atoms with Gasteiger partial charge in [-0.05, 0) is 58.4 Å². The molecule has 1 N–H and O–H groups in total. The summed E-state index contributed by atoms with van der Waals surface area (Å²) in [6.07, 6.45) is 2.16. The number of fused-ring (bicyclic) bond motifs is 4. The van der Waals surface area contributed by atoms with Gasteiger partial charge in [0, 0.05) is 17.5 Å². The molecule has 1 aromatic carbocycles. The van der Waals surface area contributed by atoms with Crippen molar-refractivity contribution in [2.24, 2.45) is 0 Å². The predicted molar refractivity (Wildman–Crippen MR) is 76.1 cm³/mol. The molecular weight excluding hydrogens is 238 g/mol. The summed E-state index contributed by atoms with van der Waals surface area (Å²) in [5, 5.41) is 3.61.